The normalized spacial score (nSPS) is 10.8. The van der Waals surface area contributed by atoms with Crippen LogP contribution < -0.4 is 0 Å². The molecule has 0 amide bonds. The van der Waals surface area contributed by atoms with E-state index in [-0.39, 0.29) is 11.6 Å². The van der Waals surface area contributed by atoms with E-state index in [2.05, 4.69) is 16.8 Å². The lowest BCUT2D eigenvalue weighted by molar-refractivity contribution is 0.102. The van der Waals surface area contributed by atoms with Crippen LogP contribution >= 0.6 is 23.1 Å². The molecule has 0 N–H and O–H groups in total. The first kappa shape index (κ1) is 17.6. The van der Waals surface area contributed by atoms with E-state index in [1.165, 1.54) is 35.2 Å². The van der Waals surface area contributed by atoms with Gasteiger partial charge in [0, 0.05) is 17.0 Å². The molecule has 0 fully saturated rings. The Bertz CT molecular complexity index is 899. The minimum absolute atomic E-state index is 0.0691. The molecule has 0 aliphatic heterocycles. The average molecular weight is 373 g/mol. The number of ketones is 1. The number of aromatic nitrogens is 3. The molecule has 0 unspecified atom stereocenters. The van der Waals surface area contributed by atoms with E-state index >= 15 is 0 Å². The van der Waals surface area contributed by atoms with Crippen molar-refractivity contribution in [2.24, 2.45) is 0 Å². The number of allylic oxidation sites excluding steroid dienone is 1. The Kier molecular flexibility index (Phi) is 5.45. The minimum atomic E-state index is -0.301. The molecular formula is C18H16FN3OS2. The number of nitrogens with zero attached hydrogens (tertiary/aromatic N) is 3. The first-order valence-electron chi connectivity index (χ1n) is 7.61. The summed E-state index contributed by atoms with van der Waals surface area (Å²) in [5.41, 5.74) is 0.766. The number of hydrogen-bond acceptors (Lipinski definition) is 5. The minimum Gasteiger partial charge on any atom is -0.298 e. The van der Waals surface area contributed by atoms with Gasteiger partial charge in [-0.15, -0.1) is 28.1 Å². The van der Waals surface area contributed by atoms with Crippen LogP contribution in [-0.4, -0.2) is 26.3 Å². The molecule has 1 aromatic carbocycles. The number of hydrogen-bond donors (Lipinski definition) is 0. The number of thioether (sulfide) groups is 1. The van der Waals surface area contributed by atoms with Gasteiger partial charge < -0.3 is 0 Å². The highest BCUT2D eigenvalue weighted by Gasteiger charge is 2.16. The summed E-state index contributed by atoms with van der Waals surface area (Å²) >= 11 is 2.83. The van der Waals surface area contributed by atoms with Gasteiger partial charge in [-0.3, -0.25) is 9.36 Å². The fourth-order valence-electron chi connectivity index (χ4n) is 2.29. The van der Waals surface area contributed by atoms with Gasteiger partial charge >= 0.3 is 0 Å². The Morgan fingerprint density at radius 1 is 1.28 bits per heavy atom. The van der Waals surface area contributed by atoms with Crippen LogP contribution in [0.4, 0.5) is 4.39 Å². The van der Waals surface area contributed by atoms with E-state index in [4.69, 9.17) is 0 Å². The van der Waals surface area contributed by atoms with Crippen LogP contribution in [0.3, 0.4) is 0 Å². The van der Waals surface area contributed by atoms with E-state index < -0.39 is 0 Å². The zero-order valence-corrected chi connectivity index (χ0v) is 15.2. The van der Waals surface area contributed by atoms with Gasteiger partial charge in [-0.2, -0.15) is 0 Å². The summed E-state index contributed by atoms with van der Waals surface area (Å²) in [5, 5.41) is 9.03. The Morgan fingerprint density at radius 3 is 2.68 bits per heavy atom. The fourth-order valence-corrected chi connectivity index (χ4v) is 4.01. The summed E-state index contributed by atoms with van der Waals surface area (Å²) in [6.45, 7) is 6.24. The molecule has 3 rings (SSSR count). The van der Waals surface area contributed by atoms with Crippen molar-refractivity contribution in [3.8, 4) is 11.4 Å². The van der Waals surface area contributed by atoms with Gasteiger partial charge in [-0.25, -0.2) is 4.39 Å². The van der Waals surface area contributed by atoms with Crippen LogP contribution in [-0.2, 0) is 6.54 Å². The second kappa shape index (κ2) is 7.76. The highest BCUT2D eigenvalue weighted by molar-refractivity contribution is 7.99. The Balaban J connectivity index is 1.80. The smallest absolute Gasteiger partial charge is 0.192 e. The third-order valence-corrected chi connectivity index (χ3v) is 5.49. The number of carbonyl (C=O) groups is 1. The van der Waals surface area contributed by atoms with Gasteiger partial charge in [-0.1, -0.05) is 17.8 Å². The third kappa shape index (κ3) is 4.05. The van der Waals surface area contributed by atoms with Crippen molar-refractivity contribution < 1.29 is 9.18 Å². The zero-order valence-electron chi connectivity index (χ0n) is 13.6. The number of halogens is 1. The van der Waals surface area contributed by atoms with Crippen LogP contribution in [0, 0.1) is 12.7 Å². The summed E-state index contributed by atoms with van der Waals surface area (Å²) in [4.78, 5) is 14.1. The number of aryl methyl sites for hydroxylation is 1. The molecule has 0 aliphatic carbocycles. The van der Waals surface area contributed by atoms with Crippen LogP contribution in [0.2, 0.25) is 0 Å². The molecular weight excluding hydrogens is 357 g/mol. The molecule has 7 heteroatoms. The first-order valence-corrected chi connectivity index (χ1v) is 9.41. The van der Waals surface area contributed by atoms with Crippen molar-refractivity contribution in [3.63, 3.8) is 0 Å². The molecule has 0 saturated heterocycles. The highest BCUT2D eigenvalue weighted by atomic mass is 32.2. The summed E-state index contributed by atoms with van der Waals surface area (Å²) < 4.78 is 15.0. The molecule has 2 heterocycles. The lowest BCUT2D eigenvalue weighted by Crippen LogP contribution is -2.04. The molecule has 0 spiro atoms. The van der Waals surface area contributed by atoms with E-state index in [1.54, 1.807) is 18.2 Å². The largest absolute Gasteiger partial charge is 0.298 e. The monoisotopic (exact) mass is 373 g/mol. The lowest BCUT2D eigenvalue weighted by atomic mass is 10.2. The molecule has 25 heavy (non-hydrogen) atoms. The second-order valence-electron chi connectivity index (χ2n) is 5.33. The van der Waals surface area contributed by atoms with Crippen molar-refractivity contribution >= 4 is 28.9 Å². The van der Waals surface area contributed by atoms with Crippen molar-refractivity contribution in [2.75, 3.05) is 5.75 Å². The maximum Gasteiger partial charge on any atom is 0.192 e. The van der Waals surface area contributed by atoms with Crippen molar-refractivity contribution in [3.05, 3.63) is 64.6 Å². The Morgan fingerprint density at radius 2 is 2.04 bits per heavy atom. The summed E-state index contributed by atoms with van der Waals surface area (Å²) in [6, 6.07) is 9.88. The first-order chi connectivity index (χ1) is 12.1. The van der Waals surface area contributed by atoms with Gasteiger partial charge in [-0.05, 0) is 43.3 Å². The van der Waals surface area contributed by atoms with E-state index in [9.17, 15) is 9.18 Å². The number of benzene rings is 1. The van der Waals surface area contributed by atoms with Gasteiger partial charge in [0.1, 0.15) is 5.82 Å². The highest BCUT2D eigenvalue weighted by Crippen LogP contribution is 2.26. The van der Waals surface area contributed by atoms with Crippen LogP contribution in [0.25, 0.3) is 11.4 Å². The van der Waals surface area contributed by atoms with Crippen molar-refractivity contribution in [1.82, 2.24) is 14.8 Å². The quantitative estimate of drug-likeness (QED) is 0.345. The predicted molar refractivity (Wildman–Crippen MR) is 99.7 cm³/mol. The lowest BCUT2D eigenvalue weighted by Gasteiger charge is -2.07. The van der Waals surface area contributed by atoms with Crippen LogP contribution in [0.1, 0.15) is 14.5 Å². The van der Waals surface area contributed by atoms with Crippen LogP contribution in [0.5, 0.6) is 0 Å². The standard InChI is InChI=1S/C18H16FN3OS2/c1-3-10-22-17(13-5-7-14(19)8-6-13)20-21-18(22)24-11-15(23)16-9-4-12(2)25-16/h3-9H,1,10-11H2,2H3. The van der Waals surface area contributed by atoms with Crippen molar-refractivity contribution in [2.45, 2.75) is 18.6 Å². The maximum atomic E-state index is 13.1. The Hall–Kier alpha value is -2.25. The van der Waals surface area contributed by atoms with Gasteiger partial charge in [0.15, 0.2) is 16.8 Å². The van der Waals surface area contributed by atoms with Gasteiger partial charge in [0.2, 0.25) is 0 Å². The molecule has 4 nitrogen and oxygen atoms in total. The topological polar surface area (TPSA) is 47.8 Å². The van der Waals surface area contributed by atoms with Crippen molar-refractivity contribution in [1.29, 1.82) is 0 Å². The molecule has 0 radical (unpaired) electrons. The number of rotatable bonds is 7. The van der Waals surface area contributed by atoms with E-state index in [0.717, 1.165) is 15.3 Å². The van der Waals surface area contributed by atoms with Gasteiger partial charge in [0.25, 0.3) is 0 Å². The number of carbonyl (C=O) groups excluding carboxylic acids is 1. The molecule has 2 aromatic heterocycles. The molecule has 128 valence electrons. The second-order valence-corrected chi connectivity index (χ2v) is 7.56. The predicted octanol–water partition coefficient (Wildman–Crippen LogP) is 4.62. The van der Waals surface area contributed by atoms with E-state index in [0.29, 0.717) is 23.3 Å². The summed E-state index contributed by atoms with van der Waals surface area (Å²) in [7, 11) is 0. The SMILES string of the molecule is C=CCn1c(SCC(=O)c2ccc(C)s2)nnc1-c1ccc(F)cc1. The maximum absolute atomic E-state index is 13.1. The van der Waals surface area contributed by atoms with Gasteiger partial charge in [0.05, 0.1) is 10.6 Å². The fraction of sp³-hybridized carbons (Fsp3) is 0.167. The summed E-state index contributed by atoms with van der Waals surface area (Å²) in [6.07, 6.45) is 1.74. The molecule has 3 aromatic rings. The van der Waals surface area contributed by atoms with Crippen LogP contribution in [0.15, 0.2) is 54.2 Å². The molecule has 0 bridgehead atoms. The molecule has 0 aliphatic rings. The zero-order chi connectivity index (χ0) is 17.8. The third-order valence-electron chi connectivity index (χ3n) is 3.48. The average Bonchev–Trinajstić information content (AvgIpc) is 3.21. The summed E-state index contributed by atoms with van der Waals surface area (Å²) in [5.74, 6) is 0.685. The number of thiophene rings is 1. The number of Topliss-reactive ketones (excluding diaryl/α,β-unsaturated/α-hetero) is 1. The van der Waals surface area contributed by atoms with E-state index in [1.807, 2.05) is 23.6 Å². The molecule has 0 atom stereocenters. The molecule has 0 saturated carbocycles. The Labute approximate surface area is 153 Å².